The average Bonchev–Trinajstić information content (AvgIpc) is 1.55. The van der Waals surface area contributed by atoms with Crippen molar-refractivity contribution in [3.63, 3.8) is 0 Å². The van der Waals surface area contributed by atoms with E-state index in [0.717, 1.165) is 186 Å². The number of imide groups is 1. The Balaban J connectivity index is 0.000000261. The molecule has 16 heteroatoms. The van der Waals surface area contributed by atoms with Crippen LogP contribution in [-0.4, -0.2) is 64.1 Å². The van der Waals surface area contributed by atoms with Crippen molar-refractivity contribution in [2.45, 2.75) is 438 Å². The molecule has 0 saturated heterocycles. The van der Waals surface area contributed by atoms with E-state index in [9.17, 15) is 9.59 Å². The van der Waals surface area contributed by atoms with Crippen LogP contribution in [0.25, 0.3) is 40.7 Å². The van der Waals surface area contributed by atoms with Crippen LogP contribution in [0, 0.1) is 80.0 Å². The third kappa shape index (κ3) is 27.6. The Labute approximate surface area is 819 Å². The van der Waals surface area contributed by atoms with Crippen LogP contribution >= 0.6 is 79.8 Å². The highest BCUT2D eigenvalue weighted by atomic mass is 32.2. The first-order valence-corrected chi connectivity index (χ1v) is 58.6. The minimum atomic E-state index is -0.373. The van der Waals surface area contributed by atoms with Gasteiger partial charge in [0.15, 0.2) is 0 Å². The monoisotopic (exact) mass is 1900 g/mol. The molecule has 0 aliphatic carbocycles. The molecule has 0 fully saturated rings. The van der Waals surface area contributed by atoms with Crippen molar-refractivity contribution in [1.29, 1.82) is 0 Å². The molecule has 12 rings (SSSR count). The molecule has 4 amide bonds. The smallest absolute Gasteiger partial charge is 0.263 e. The minimum absolute atomic E-state index is 0.00217. The molecule has 12 heterocycles. The van der Waals surface area contributed by atoms with Crippen LogP contribution in [0.2, 0.25) is 0 Å². The second kappa shape index (κ2) is 51.3. The number of hydrogen-bond acceptors (Lipinski definition) is 13. The number of thiophene rings is 6. The summed E-state index contributed by atoms with van der Waals surface area (Å²) >= 11 is 12.8. The number of hydrogen-bond donors (Lipinski definition) is 0. The number of fused-ring (bicyclic) bond motifs is 8. The summed E-state index contributed by atoms with van der Waals surface area (Å²) in [4.78, 5) is 79.8. The fourth-order valence-corrected chi connectivity index (χ4v) is 29.9. The molecule has 0 spiro atoms. The summed E-state index contributed by atoms with van der Waals surface area (Å²) in [6.45, 7) is 50.3. The Morgan fingerprint density at radius 1 is 0.369 bits per heavy atom. The second-order valence-corrected chi connectivity index (χ2v) is 51.3. The lowest BCUT2D eigenvalue weighted by molar-refractivity contribution is -0.124. The van der Waals surface area contributed by atoms with Crippen molar-refractivity contribution in [2.24, 2.45) is 59.2 Å². The number of amides is 4. The molecule has 0 radical (unpaired) electrons. The molecule has 9 nitrogen and oxygen atoms in total. The Kier molecular flexibility index (Phi) is 41.9. The first-order valence-electron chi connectivity index (χ1n) is 52.9. The number of nitrogens with zero attached hydrogens (tertiary/aromatic N) is 3. The third-order valence-corrected chi connectivity index (χ3v) is 38.2. The molecule has 130 heavy (non-hydrogen) atoms. The molecule has 10 atom stereocenters. The summed E-state index contributed by atoms with van der Waals surface area (Å²) in [7, 11) is 0. The van der Waals surface area contributed by atoms with Gasteiger partial charge in [-0.2, -0.15) is 0 Å². The fraction of sp³-hybridized carbons (Fsp3) is 0.702. The van der Waals surface area contributed by atoms with Crippen LogP contribution in [0.15, 0.2) is 64.6 Å². The zero-order valence-electron chi connectivity index (χ0n) is 85.0. The molecule has 10 unspecified atom stereocenters. The topological polar surface area (TPSA) is 96.5 Å². The maximum atomic E-state index is 15.4. The van der Waals surface area contributed by atoms with E-state index in [1.54, 1.807) is 38.9 Å². The normalized spacial score (nSPS) is 19.7. The molecule has 0 aromatic carbocycles. The number of rotatable bonds is 59. The van der Waals surface area contributed by atoms with Gasteiger partial charge in [0.1, 0.15) is 11.4 Å². The quantitative estimate of drug-likeness (QED) is 0.0277. The maximum Gasteiger partial charge on any atom is 0.263 e. The number of aryl methyl sites for hydroxylation is 3. The SMILES string of the molecule is CCCCC(CC)CN1C(=O)C2=C(c3ccc(-c4cc5c(s4)-c4sc(C)cc4OC5(CCCCCC(C)CCCC(C)C)CCCC(C)CCCC(C)C)s3)N(CC(CC)CCCC)C(=O)C2=C1c1ccc(C)s1.CCCCCCCCN1C(=O)c2c(C)sc(-c3cc4c(s3)C3SC(C)=CC3OC4(CCCCCC(C)CCCC(C)C)CCCC(C)CCCC(C)C)c2C1=O. The molecule has 6 aliphatic rings. The number of allylic oxidation sites excluding steroid dienone is 1. The zero-order valence-corrected chi connectivity index (χ0v) is 90.7. The lowest BCUT2D eigenvalue weighted by Gasteiger charge is -2.43. The van der Waals surface area contributed by atoms with Gasteiger partial charge in [-0.05, 0) is 210 Å². The van der Waals surface area contributed by atoms with Gasteiger partial charge in [0.2, 0.25) is 0 Å². The van der Waals surface area contributed by atoms with E-state index in [2.05, 4.69) is 187 Å². The minimum Gasteiger partial charge on any atom is -0.481 e. The van der Waals surface area contributed by atoms with E-state index in [0.29, 0.717) is 59.7 Å². The van der Waals surface area contributed by atoms with E-state index in [4.69, 9.17) is 9.47 Å². The zero-order chi connectivity index (χ0) is 93.5. The summed E-state index contributed by atoms with van der Waals surface area (Å²) in [5.74, 6) is 7.78. The van der Waals surface area contributed by atoms with Crippen LogP contribution in [0.1, 0.15) is 461 Å². The summed E-state index contributed by atoms with van der Waals surface area (Å²) in [5.41, 5.74) is 6.31. The average molecular weight is 1910 g/mol. The molecule has 722 valence electrons. The van der Waals surface area contributed by atoms with E-state index < -0.39 is 0 Å². The number of unbranched alkanes of at least 4 members (excludes halogenated alkanes) is 11. The lowest BCUT2D eigenvalue weighted by Crippen LogP contribution is -2.39. The Morgan fingerprint density at radius 2 is 0.831 bits per heavy atom. The molecule has 6 aromatic rings. The van der Waals surface area contributed by atoms with Gasteiger partial charge < -0.3 is 19.3 Å². The summed E-state index contributed by atoms with van der Waals surface area (Å²) < 4.78 is 15.0. The van der Waals surface area contributed by atoms with Gasteiger partial charge in [-0.1, -0.05) is 323 Å². The van der Waals surface area contributed by atoms with Gasteiger partial charge in [-0.15, -0.1) is 79.8 Å². The first-order chi connectivity index (χ1) is 62.5. The van der Waals surface area contributed by atoms with Gasteiger partial charge in [0.05, 0.1) is 75.0 Å². The number of thioether (sulfide) groups is 1. The molecule has 0 N–H and O–H groups in total. The predicted octanol–water partition coefficient (Wildman–Crippen LogP) is 36.8. The molecule has 6 aliphatic heterocycles. The molecule has 0 bridgehead atoms. The van der Waals surface area contributed by atoms with Crippen LogP contribution in [0.4, 0.5) is 0 Å². The van der Waals surface area contributed by atoms with E-state index in [1.807, 2.05) is 62.5 Å². The van der Waals surface area contributed by atoms with Crippen LogP contribution < -0.4 is 4.74 Å². The van der Waals surface area contributed by atoms with Crippen LogP contribution in [-0.2, 0) is 25.5 Å². The lowest BCUT2D eigenvalue weighted by atomic mass is 9.79. The summed E-state index contributed by atoms with van der Waals surface area (Å²) in [5, 5.41) is 0.258. The van der Waals surface area contributed by atoms with Crippen molar-refractivity contribution in [2.75, 3.05) is 19.6 Å². The molecule has 6 aromatic heterocycles. The highest BCUT2D eigenvalue weighted by molar-refractivity contribution is 8.03. The molecular formula is C114H173N3O6S7. The number of carbonyl (C=O) groups is 4. The predicted molar refractivity (Wildman–Crippen MR) is 568 cm³/mol. The number of carbonyl (C=O) groups excluding carboxylic acids is 4. The highest BCUT2D eigenvalue weighted by Gasteiger charge is 2.53. The van der Waals surface area contributed by atoms with Crippen LogP contribution in [0.3, 0.4) is 0 Å². The highest BCUT2D eigenvalue weighted by Crippen LogP contribution is 2.62. The van der Waals surface area contributed by atoms with Crippen molar-refractivity contribution in [3.8, 4) is 35.0 Å². The molecule has 0 saturated carbocycles. The Morgan fingerprint density at radius 3 is 1.35 bits per heavy atom. The van der Waals surface area contributed by atoms with Gasteiger partial charge in [0, 0.05) is 59.3 Å². The van der Waals surface area contributed by atoms with Crippen LogP contribution in [0.5, 0.6) is 5.75 Å². The Bertz CT molecular complexity index is 4680. The van der Waals surface area contributed by atoms with Gasteiger partial charge in [-0.3, -0.25) is 24.1 Å². The van der Waals surface area contributed by atoms with Crippen molar-refractivity contribution >= 4 is 115 Å². The first kappa shape index (κ1) is 106. The van der Waals surface area contributed by atoms with Gasteiger partial charge >= 0.3 is 0 Å². The largest absolute Gasteiger partial charge is 0.481 e. The standard InChI is InChI=1S/C65H96N2O3S4.C49H77NO3S3/c1-13-17-31-49(15-3)41-66-59(54-34-33-47(11)71-54)57-58(64(66)69)60(67(63(57)68)42-50(16-4)32-18-14-2)55-36-35-53(73-55)56-40-51-61(74-56)62-52(39-48(12)72-62)70-65(51,38-24-30-46(10)29-23-26-44(7)8)37-21-19-20-27-45(9)28-22-25-43(5)6;1-10-11-12-13-14-18-30-50-47(51)42-38(9)55-46(43(42)48(50)52)41-32-39-44(56-41)45-40(31-37(8)54-45)53-49(39,29-21-27-36(7)26-20-23-34(4)5)28-17-15-16-24-35(6)25-19-22-33(2)3/h33-36,39-40,43-46,49-50H,13-32,37-38,41-42H2,1-12H3;31-36,40,45H,10-30H2,1-9H3. The van der Waals surface area contributed by atoms with Crippen molar-refractivity contribution in [1.82, 2.24) is 14.7 Å². The summed E-state index contributed by atoms with van der Waals surface area (Å²) in [6, 6.07) is 16.0. The van der Waals surface area contributed by atoms with E-state index in [-0.39, 0.29) is 46.2 Å². The van der Waals surface area contributed by atoms with Gasteiger partial charge in [-0.25, -0.2) is 0 Å². The summed E-state index contributed by atoms with van der Waals surface area (Å²) in [6.07, 6.45) is 52.9. The maximum absolute atomic E-state index is 15.4. The van der Waals surface area contributed by atoms with E-state index in [1.165, 1.54) is 217 Å². The van der Waals surface area contributed by atoms with Gasteiger partial charge in [0.25, 0.3) is 23.6 Å². The van der Waals surface area contributed by atoms with Crippen molar-refractivity contribution in [3.05, 3.63) is 116 Å². The molecular weight excluding hydrogens is 1730 g/mol. The Hall–Kier alpha value is -4.39. The van der Waals surface area contributed by atoms with Crippen molar-refractivity contribution < 1.29 is 28.7 Å². The number of ether oxygens (including phenoxy) is 2. The third-order valence-electron chi connectivity index (χ3n) is 29.6. The second-order valence-electron chi connectivity index (χ2n) is 42.9. The van der Waals surface area contributed by atoms with E-state index >= 15 is 9.59 Å². The fourth-order valence-electron chi connectivity index (χ4n) is 21.6.